The zero-order valence-corrected chi connectivity index (χ0v) is 23.4. The number of hydroxylamine groups is 1. The highest BCUT2D eigenvalue weighted by atomic mass is 79.9. The molecule has 0 fully saturated rings. The minimum Gasteiger partial charge on any atom is -0.629 e. The molecule has 1 unspecified atom stereocenters. The van der Waals surface area contributed by atoms with Gasteiger partial charge in [-0.25, -0.2) is 8.42 Å². The number of benzene rings is 1. The molecule has 3 atom stereocenters. The lowest BCUT2D eigenvalue weighted by Crippen LogP contribution is -2.98. The van der Waals surface area contributed by atoms with Crippen LogP contribution in [-0.2, 0) is 10.0 Å². The van der Waals surface area contributed by atoms with Crippen molar-refractivity contribution in [3.8, 4) is 22.8 Å². The Morgan fingerprint density at radius 3 is 2.58 bits per heavy atom. The molecule has 1 aromatic carbocycles. The second kappa shape index (κ2) is 11.1. The van der Waals surface area contributed by atoms with E-state index in [2.05, 4.69) is 40.8 Å². The molecular weight excluding hydrogens is 578 g/mol. The lowest BCUT2D eigenvalue weighted by molar-refractivity contribution is -0.751. The molecule has 12 nitrogen and oxygen atoms in total. The average Bonchev–Trinajstić information content (AvgIpc) is 3.31. The molecule has 0 aliphatic heterocycles. The lowest BCUT2D eigenvalue weighted by atomic mass is 10.1. The van der Waals surface area contributed by atoms with Crippen molar-refractivity contribution < 1.29 is 23.3 Å². The minimum absolute atomic E-state index is 0.199. The summed E-state index contributed by atoms with van der Waals surface area (Å²) in [6.07, 6.45) is 1.68. The van der Waals surface area contributed by atoms with E-state index < -0.39 is 21.4 Å². The number of rotatable bonds is 9. The van der Waals surface area contributed by atoms with E-state index in [4.69, 9.17) is 4.74 Å². The van der Waals surface area contributed by atoms with Gasteiger partial charge in [0.1, 0.15) is 17.1 Å². The predicted molar refractivity (Wildman–Crippen MR) is 145 cm³/mol. The molecule has 4 rings (SSSR count). The number of halogens is 1. The Balaban J connectivity index is 1.84. The third kappa shape index (κ3) is 5.39. The molecule has 0 saturated heterocycles. The van der Waals surface area contributed by atoms with Crippen molar-refractivity contribution in [2.45, 2.75) is 25.2 Å². The largest absolute Gasteiger partial charge is 0.629 e. The number of para-hydroxylation sites is 1. The number of aliphatic hydroxyl groups excluding tert-OH is 1. The van der Waals surface area contributed by atoms with Crippen molar-refractivity contribution in [1.82, 2.24) is 24.7 Å². The number of quaternary nitrogens is 1. The van der Waals surface area contributed by atoms with E-state index >= 15 is 0 Å². The second-order valence-electron chi connectivity index (χ2n) is 8.44. The SMILES string of the molecule is COc1cccc([NH+](C)[O-])c1-n1c(NS(=O)(=O)[C@H](C)[C@@H](O)c2ccc(Br)c(C)n2)nnc1-c1cccnc1. The van der Waals surface area contributed by atoms with Crippen LogP contribution in [0, 0.1) is 12.1 Å². The number of nitrogens with zero attached hydrogens (tertiary/aromatic N) is 5. The lowest BCUT2D eigenvalue weighted by Gasteiger charge is -2.23. The molecule has 4 aromatic rings. The molecule has 0 saturated carbocycles. The van der Waals surface area contributed by atoms with Gasteiger partial charge in [0, 0.05) is 28.5 Å². The summed E-state index contributed by atoms with van der Waals surface area (Å²) in [6.45, 7) is 3.10. The Hall–Kier alpha value is -3.43. The Morgan fingerprint density at radius 2 is 1.95 bits per heavy atom. The molecule has 3 aromatic heterocycles. The van der Waals surface area contributed by atoms with Gasteiger partial charge < -0.3 is 20.1 Å². The zero-order valence-electron chi connectivity index (χ0n) is 21.0. The standard InChI is InChI=1S/C24H26BrN7O5S/c1-14-17(25)10-11-18(27-14)22(33)15(2)38(35,36)30-24-29-28-23(16-7-6-12-26-13-16)32(24)21-19(31(3)34)8-5-9-20(21)37-4/h5-13,15,22,31,33H,1-4H3,(H,29,30)/t15-,22-/m1/s1. The van der Waals surface area contributed by atoms with E-state index in [1.807, 2.05) is 0 Å². The van der Waals surface area contributed by atoms with Crippen molar-refractivity contribution >= 4 is 37.6 Å². The fourth-order valence-corrected chi connectivity index (χ4v) is 5.08. The molecule has 200 valence electrons. The van der Waals surface area contributed by atoms with Crippen LogP contribution in [-0.4, -0.2) is 57.7 Å². The van der Waals surface area contributed by atoms with E-state index in [9.17, 15) is 18.7 Å². The molecule has 0 aliphatic carbocycles. The number of aliphatic hydroxyl groups is 1. The molecule has 0 aliphatic rings. The Kier molecular flexibility index (Phi) is 8.08. The third-order valence-corrected chi connectivity index (χ3v) is 8.46. The van der Waals surface area contributed by atoms with Crippen LogP contribution in [0.4, 0.5) is 11.6 Å². The first kappa shape index (κ1) is 27.6. The van der Waals surface area contributed by atoms with Gasteiger partial charge in [0.15, 0.2) is 17.2 Å². The van der Waals surface area contributed by atoms with E-state index in [1.54, 1.807) is 55.6 Å². The van der Waals surface area contributed by atoms with Crippen LogP contribution in [0.1, 0.15) is 24.4 Å². The first-order valence-corrected chi connectivity index (χ1v) is 13.8. The smallest absolute Gasteiger partial charge is 0.243 e. The number of nitrogens with one attached hydrogen (secondary N) is 2. The van der Waals surface area contributed by atoms with Crippen LogP contribution >= 0.6 is 15.9 Å². The molecule has 0 radical (unpaired) electrons. The summed E-state index contributed by atoms with van der Waals surface area (Å²) in [6, 6.07) is 11.5. The number of hydrogen-bond donors (Lipinski definition) is 3. The van der Waals surface area contributed by atoms with Gasteiger partial charge >= 0.3 is 0 Å². The Bertz CT molecular complexity index is 1550. The number of pyridine rings is 2. The highest BCUT2D eigenvalue weighted by Crippen LogP contribution is 2.35. The number of aromatic nitrogens is 5. The molecule has 3 N–H and O–H groups in total. The predicted octanol–water partition coefficient (Wildman–Crippen LogP) is 2.31. The normalized spacial score (nSPS) is 14.1. The van der Waals surface area contributed by atoms with Crippen molar-refractivity contribution in [3.05, 3.63) is 75.9 Å². The molecule has 0 amide bonds. The van der Waals surface area contributed by atoms with Gasteiger partial charge in [0.05, 0.1) is 25.5 Å². The van der Waals surface area contributed by atoms with E-state index in [-0.39, 0.29) is 33.9 Å². The molecule has 3 heterocycles. The van der Waals surface area contributed by atoms with Gasteiger partial charge in [0.25, 0.3) is 0 Å². The summed E-state index contributed by atoms with van der Waals surface area (Å²) in [5.74, 6) is 0.321. The highest BCUT2D eigenvalue weighted by molar-refractivity contribution is 9.10. The maximum atomic E-state index is 13.5. The number of anilines is 1. The summed E-state index contributed by atoms with van der Waals surface area (Å²) >= 11 is 3.35. The van der Waals surface area contributed by atoms with Gasteiger partial charge in [-0.15, -0.1) is 10.2 Å². The second-order valence-corrected chi connectivity index (χ2v) is 11.3. The van der Waals surface area contributed by atoms with Crippen LogP contribution in [0.3, 0.4) is 0 Å². The average molecular weight is 604 g/mol. The third-order valence-electron chi connectivity index (χ3n) is 5.92. The molecule has 0 bridgehead atoms. The van der Waals surface area contributed by atoms with Crippen LogP contribution in [0.2, 0.25) is 0 Å². The van der Waals surface area contributed by atoms with E-state index in [0.29, 0.717) is 17.0 Å². The van der Waals surface area contributed by atoms with Crippen molar-refractivity contribution in [2.75, 3.05) is 18.9 Å². The summed E-state index contributed by atoms with van der Waals surface area (Å²) in [5, 5.41) is 30.1. The quantitative estimate of drug-likeness (QED) is 0.244. The van der Waals surface area contributed by atoms with E-state index in [1.165, 1.54) is 31.8 Å². The van der Waals surface area contributed by atoms with Crippen LogP contribution in [0.15, 0.2) is 59.3 Å². The maximum Gasteiger partial charge on any atom is 0.243 e. The fourth-order valence-electron chi connectivity index (χ4n) is 3.80. The fraction of sp³-hybridized carbons (Fsp3) is 0.250. The first-order chi connectivity index (χ1) is 18.0. The van der Waals surface area contributed by atoms with Crippen LogP contribution < -0.4 is 14.5 Å². The highest BCUT2D eigenvalue weighted by Gasteiger charge is 2.33. The zero-order chi connectivity index (χ0) is 27.6. The number of hydrogen-bond acceptors (Lipinski definition) is 9. The van der Waals surface area contributed by atoms with Crippen LogP contribution in [0.5, 0.6) is 5.75 Å². The van der Waals surface area contributed by atoms with Gasteiger partial charge in [-0.3, -0.25) is 19.3 Å². The topological polar surface area (TPSA) is 160 Å². The van der Waals surface area contributed by atoms with Gasteiger partial charge in [-0.2, -0.15) is 0 Å². The molecule has 38 heavy (non-hydrogen) atoms. The van der Waals surface area contributed by atoms with Gasteiger partial charge in [0.2, 0.25) is 16.0 Å². The minimum atomic E-state index is -4.25. The van der Waals surface area contributed by atoms with Crippen molar-refractivity contribution in [1.29, 1.82) is 0 Å². The molecular formula is C24H26BrN7O5S. The summed E-state index contributed by atoms with van der Waals surface area (Å²) in [5.41, 5.74) is 1.84. The Morgan fingerprint density at radius 1 is 1.18 bits per heavy atom. The summed E-state index contributed by atoms with van der Waals surface area (Å²) < 4.78 is 37.0. The van der Waals surface area contributed by atoms with Crippen molar-refractivity contribution in [3.63, 3.8) is 0 Å². The first-order valence-electron chi connectivity index (χ1n) is 11.4. The number of aryl methyl sites for hydroxylation is 1. The monoisotopic (exact) mass is 603 g/mol. The number of methoxy groups -OCH3 is 1. The van der Waals surface area contributed by atoms with Crippen LogP contribution in [0.25, 0.3) is 17.1 Å². The van der Waals surface area contributed by atoms with Gasteiger partial charge in [-0.1, -0.05) is 6.07 Å². The Labute approximate surface area is 228 Å². The molecule has 14 heteroatoms. The maximum absolute atomic E-state index is 13.5. The summed E-state index contributed by atoms with van der Waals surface area (Å²) in [7, 11) is -1.42. The number of sulfonamides is 1. The number of ether oxygens (including phenoxy) is 1. The van der Waals surface area contributed by atoms with E-state index in [0.717, 1.165) is 4.47 Å². The summed E-state index contributed by atoms with van der Waals surface area (Å²) in [4.78, 5) is 8.41. The molecule has 0 spiro atoms. The van der Waals surface area contributed by atoms with Gasteiger partial charge in [-0.05, 0) is 60.1 Å². The van der Waals surface area contributed by atoms with Crippen molar-refractivity contribution in [2.24, 2.45) is 0 Å².